The standard InChI is InChI=1S/C27H38N2O3/c1-8-9-10-11-20-17-23(30)25(22-16-19(4)12-13-21(22)18(2)3)26(31)24(20)27(32)29(7)15-14-28(5)6/h12-13,16-17,30-31H,2,8-11,14-15H2,1,3-7H3. The molecular formula is C27H38N2O3. The van der Waals surface area contributed by atoms with Crippen LogP contribution in [0.5, 0.6) is 11.5 Å². The summed E-state index contributed by atoms with van der Waals surface area (Å²) in [5, 5.41) is 22.4. The van der Waals surface area contributed by atoms with E-state index in [1.807, 2.05) is 51.0 Å². The van der Waals surface area contributed by atoms with E-state index in [0.29, 0.717) is 24.1 Å². The summed E-state index contributed by atoms with van der Waals surface area (Å²) in [6.07, 6.45) is 3.58. The van der Waals surface area contributed by atoms with Crippen LogP contribution in [0.15, 0.2) is 30.8 Å². The van der Waals surface area contributed by atoms with Crippen molar-refractivity contribution in [1.82, 2.24) is 9.80 Å². The van der Waals surface area contributed by atoms with Crippen molar-refractivity contribution in [2.45, 2.75) is 46.5 Å². The van der Waals surface area contributed by atoms with E-state index in [1.165, 1.54) is 0 Å². The summed E-state index contributed by atoms with van der Waals surface area (Å²) >= 11 is 0. The monoisotopic (exact) mass is 438 g/mol. The van der Waals surface area contributed by atoms with Gasteiger partial charge in [0.05, 0.1) is 11.1 Å². The molecule has 2 aromatic rings. The minimum absolute atomic E-state index is 0.0189. The number of nitrogens with zero attached hydrogens (tertiary/aromatic N) is 2. The zero-order valence-electron chi connectivity index (χ0n) is 20.5. The van der Waals surface area contributed by atoms with Crippen LogP contribution < -0.4 is 0 Å². The number of unbranched alkanes of at least 4 members (excludes halogenated alkanes) is 2. The molecule has 5 heteroatoms. The number of phenols is 2. The van der Waals surface area contributed by atoms with Crippen molar-refractivity contribution in [2.75, 3.05) is 34.2 Å². The van der Waals surface area contributed by atoms with E-state index in [1.54, 1.807) is 18.0 Å². The molecule has 5 nitrogen and oxygen atoms in total. The van der Waals surface area contributed by atoms with Gasteiger partial charge < -0.3 is 20.0 Å². The second kappa shape index (κ2) is 11.2. The lowest BCUT2D eigenvalue weighted by Crippen LogP contribution is -2.34. The molecule has 0 radical (unpaired) electrons. The van der Waals surface area contributed by atoms with Crippen LogP contribution in [0.3, 0.4) is 0 Å². The molecular weight excluding hydrogens is 400 g/mol. The van der Waals surface area contributed by atoms with Gasteiger partial charge in [-0.2, -0.15) is 0 Å². The summed E-state index contributed by atoms with van der Waals surface area (Å²) in [7, 11) is 5.67. The maximum Gasteiger partial charge on any atom is 0.257 e. The number of aromatic hydroxyl groups is 2. The van der Waals surface area contributed by atoms with Gasteiger partial charge in [0.1, 0.15) is 11.5 Å². The second-order valence-corrected chi connectivity index (χ2v) is 8.97. The van der Waals surface area contributed by atoms with Gasteiger partial charge in [-0.25, -0.2) is 0 Å². The van der Waals surface area contributed by atoms with E-state index < -0.39 is 0 Å². The molecule has 0 unspecified atom stereocenters. The highest BCUT2D eigenvalue weighted by Crippen LogP contribution is 2.45. The largest absolute Gasteiger partial charge is 0.507 e. The van der Waals surface area contributed by atoms with E-state index in [-0.39, 0.29) is 28.5 Å². The molecule has 0 fully saturated rings. The number of carbonyl (C=O) groups excluding carboxylic acids is 1. The number of likely N-dealkylation sites (N-methyl/N-ethyl adjacent to an activating group) is 2. The van der Waals surface area contributed by atoms with Crippen molar-refractivity contribution in [3.8, 4) is 22.6 Å². The van der Waals surface area contributed by atoms with Crippen LogP contribution in [-0.2, 0) is 6.42 Å². The summed E-state index contributed by atoms with van der Waals surface area (Å²) in [6, 6.07) is 7.48. The molecule has 0 aliphatic rings. The highest BCUT2D eigenvalue weighted by Gasteiger charge is 2.26. The molecule has 0 bridgehead atoms. The first-order chi connectivity index (χ1) is 15.1. The Balaban J connectivity index is 2.69. The molecule has 0 aliphatic heterocycles. The molecule has 0 atom stereocenters. The quantitative estimate of drug-likeness (QED) is 0.483. The average molecular weight is 439 g/mol. The summed E-state index contributed by atoms with van der Waals surface area (Å²) in [5.74, 6) is -0.414. The van der Waals surface area contributed by atoms with Crippen molar-refractivity contribution < 1.29 is 15.0 Å². The number of benzene rings is 2. The third kappa shape index (κ3) is 5.92. The van der Waals surface area contributed by atoms with Crippen LogP contribution in [0.4, 0.5) is 0 Å². The highest BCUT2D eigenvalue weighted by molar-refractivity contribution is 6.02. The maximum atomic E-state index is 13.5. The number of amides is 1. The average Bonchev–Trinajstić information content (AvgIpc) is 2.71. The molecule has 0 aromatic heterocycles. The van der Waals surface area contributed by atoms with E-state index in [9.17, 15) is 15.0 Å². The third-order valence-corrected chi connectivity index (χ3v) is 5.76. The van der Waals surface area contributed by atoms with Crippen molar-refractivity contribution in [2.24, 2.45) is 0 Å². The molecule has 0 spiro atoms. The first-order valence-corrected chi connectivity index (χ1v) is 11.3. The molecule has 2 N–H and O–H groups in total. The number of hydrogen-bond acceptors (Lipinski definition) is 4. The van der Waals surface area contributed by atoms with Crippen LogP contribution in [0.25, 0.3) is 16.7 Å². The number of hydrogen-bond donors (Lipinski definition) is 2. The molecule has 2 rings (SSSR count). The number of rotatable bonds is 10. The first kappa shape index (κ1) is 25.5. The Kier molecular flexibility index (Phi) is 8.90. The molecule has 174 valence electrons. The lowest BCUT2D eigenvalue weighted by atomic mass is 9.88. The minimum atomic E-state index is -0.235. The van der Waals surface area contributed by atoms with Crippen LogP contribution in [0.1, 0.15) is 60.2 Å². The van der Waals surface area contributed by atoms with Gasteiger partial charge in [0, 0.05) is 20.1 Å². The summed E-state index contributed by atoms with van der Waals surface area (Å²) in [6.45, 7) is 11.3. The van der Waals surface area contributed by atoms with Crippen molar-refractivity contribution in [3.05, 3.63) is 53.1 Å². The molecule has 2 aromatic carbocycles. The van der Waals surface area contributed by atoms with E-state index in [2.05, 4.69) is 13.5 Å². The number of phenolic OH excluding ortho intramolecular Hbond substituents is 2. The zero-order valence-corrected chi connectivity index (χ0v) is 20.5. The van der Waals surface area contributed by atoms with Gasteiger partial charge in [-0.1, -0.05) is 55.7 Å². The Bertz CT molecular complexity index is 979. The SMILES string of the molecule is C=C(C)c1ccc(C)cc1-c1c(O)cc(CCCCC)c(C(=O)N(C)CCN(C)C)c1O. The summed E-state index contributed by atoms with van der Waals surface area (Å²) < 4.78 is 0. The lowest BCUT2D eigenvalue weighted by Gasteiger charge is -2.24. The van der Waals surface area contributed by atoms with Gasteiger partial charge in [-0.15, -0.1) is 0 Å². The second-order valence-electron chi connectivity index (χ2n) is 8.97. The van der Waals surface area contributed by atoms with Crippen molar-refractivity contribution >= 4 is 11.5 Å². The Labute approximate surface area is 193 Å². The first-order valence-electron chi connectivity index (χ1n) is 11.3. The van der Waals surface area contributed by atoms with Gasteiger partial charge in [-0.05, 0) is 63.5 Å². The van der Waals surface area contributed by atoms with Crippen molar-refractivity contribution in [3.63, 3.8) is 0 Å². The number of allylic oxidation sites excluding steroid dienone is 1. The smallest absolute Gasteiger partial charge is 0.257 e. The van der Waals surface area contributed by atoms with E-state index >= 15 is 0 Å². The molecule has 0 saturated heterocycles. The zero-order chi connectivity index (χ0) is 24.0. The highest BCUT2D eigenvalue weighted by atomic mass is 16.3. The van der Waals surface area contributed by atoms with Crippen LogP contribution in [-0.4, -0.2) is 60.2 Å². The molecule has 0 heterocycles. The number of carbonyl (C=O) groups is 1. The minimum Gasteiger partial charge on any atom is -0.507 e. The predicted molar refractivity (Wildman–Crippen MR) is 133 cm³/mol. The molecule has 1 amide bonds. The normalized spacial score (nSPS) is 11.1. The topological polar surface area (TPSA) is 64.0 Å². The lowest BCUT2D eigenvalue weighted by molar-refractivity contribution is 0.0782. The molecule has 32 heavy (non-hydrogen) atoms. The molecule has 0 saturated carbocycles. The third-order valence-electron chi connectivity index (χ3n) is 5.76. The predicted octanol–water partition coefficient (Wildman–Crippen LogP) is 5.47. The fourth-order valence-electron chi connectivity index (χ4n) is 3.85. The summed E-state index contributed by atoms with van der Waals surface area (Å²) in [4.78, 5) is 17.1. The van der Waals surface area contributed by atoms with Gasteiger partial charge in [0.2, 0.25) is 0 Å². The Morgan fingerprint density at radius 1 is 1.06 bits per heavy atom. The fourth-order valence-corrected chi connectivity index (χ4v) is 3.85. The Morgan fingerprint density at radius 2 is 1.75 bits per heavy atom. The van der Waals surface area contributed by atoms with Gasteiger partial charge in [0.15, 0.2) is 0 Å². The Hall–Kier alpha value is -2.79. The van der Waals surface area contributed by atoms with Crippen LogP contribution in [0.2, 0.25) is 0 Å². The fraction of sp³-hybridized carbons (Fsp3) is 0.444. The van der Waals surface area contributed by atoms with Crippen molar-refractivity contribution in [1.29, 1.82) is 0 Å². The molecule has 0 aliphatic carbocycles. The van der Waals surface area contributed by atoms with Crippen LogP contribution >= 0.6 is 0 Å². The number of aryl methyl sites for hydroxylation is 2. The Morgan fingerprint density at radius 3 is 2.34 bits per heavy atom. The van der Waals surface area contributed by atoms with E-state index in [4.69, 9.17) is 0 Å². The van der Waals surface area contributed by atoms with Gasteiger partial charge in [0.25, 0.3) is 5.91 Å². The van der Waals surface area contributed by atoms with Gasteiger partial charge >= 0.3 is 0 Å². The maximum absolute atomic E-state index is 13.5. The summed E-state index contributed by atoms with van der Waals surface area (Å²) in [5.41, 5.74) is 4.58. The van der Waals surface area contributed by atoms with E-state index in [0.717, 1.165) is 42.5 Å². The van der Waals surface area contributed by atoms with Crippen LogP contribution in [0, 0.1) is 6.92 Å². The van der Waals surface area contributed by atoms with Gasteiger partial charge in [-0.3, -0.25) is 4.79 Å².